The van der Waals surface area contributed by atoms with Gasteiger partial charge in [-0.3, -0.25) is 29.5 Å². The first-order valence-corrected chi connectivity index (χ1v) is 13.1. The largest absolute Gasteiger partial charge is 0.469 e. The SMILES string of the molecule is COC(=O)CC[C@@H](NC(=O)CCCCCCC1CNc2nc(NC(=O)C(C)(C)C)[nH]c(=O)c2C1)C(=O)OC. The topological polar surface area (TPSA) is 169 Å². The van der Waals surface area contributed by atoms with Crippen LogP contribution in [-0.4, -0.2) is 60.5 Å². The van der Waals surface area contributed by atoms with Crippen LogP contribution in [0.5, 0.6) is 0 Å². The third-order valence-electron chi connectivity index (χ3n) is 6.43. The maximum absolute atomic E-state index is 12.6. The Labute approximate surface area is 223 Å². The van der Waals surface area contributed by atoms with E-state index in [0.717, 1.165) is 25.7 Å². The number of anilines is 2. The molecule has 1 unspecified atom stereocenters. The number of fused-ring (bicyclic) bond motifs is 1. The fourth-order valence-electron chi connectivity index (χ4n) is 4.09. The third-order valence-corrected chi connectivity index (χ3v) is 6.43. The second-order valence-electron chi connectivity index (χ2n) is 10.6. The Morgan fingerprint density at radius 2 is 1.76 bits per heavy atom. The monoisotopic (exact) mass is 535 g/mol. The molecule has 0 radical (unpaired) electrons. The third kappa shape index (κ3) is 9.79. The molecule has 2 amide bonds. The van der Waals surface area contributed by atoms with Gasteiger partial charge in [-0.15, -0.1) is 0 Å². The highest BCUT2D eigenvalue weighted by Crippen LogP contribution is 2.25. The van der Waals surface area contributed by atoms with E-state index in [4.69, 9.17) is 4.74 Å². The summed E-state index contributed by atoms with van der Waals surface area (Å²) in [5.41, 5.74) is -0.258. The summed E-state index contributed by atoms with van der Waals surface area (Å²) >= 11 is 0. The predicted octanol–water partition coefficient (Wildman–Crippen LogP) is 2.29. The summed E-state index contributed by atoms with van der Waals surface area (Å²) in [4.78, 5) is 67.3. The van der Waals surface area contributed by atoms with Gasteiger partial charge in [0.15, 0.2) is 0 Å². The lowest BCUT2D eigenvalue weighted by atomic mass is 9.91. The van der Waals surface area contributed by atoms with Crippen LogP contribution < -0.4 is 21.5 Å². The van der Waals surface area contributed by atoms with Gasteiger partial charge in [0.25, 0.3) is 5.56 Å². The Morgan fingerprint density at radius 3 is 2.42 bits per heavy atom. The molecule has 212 valence electrons. The highest BCUT2D eigenvalue weighted by Gasteiger charge is 2.26. The van der Waals surface area contributed by atoms with E-state index in [1.165, 1.54) is 14.2 Å². The summed E-state index contributed by atoms with van der Waals surface area (Å²) in [6.45, 7) is 6.05. The zero-order valence-electron chi connectivity index (χ0n) is 23.0. The summed E-state index contributed by atoms with van der Waals surface area (Å²) in [5.74, 6) is -0.594. The van der Waals surface area contributed by atoms with E-state index in [1.807, 2.05) is 0 Å². The van der Waals surface area contributed by atoms with Gasteiger partial charge in [-0.1, -0.05) is 40.0 Å². The number of hydrogen-bond donors (Lipinski definition) is 4. The van der Waals surface area contributed by atoms with Crippen molar-refractivity contribution in [2.75, 3.05) is 31.4 Å². The number of rotatable bonds is 13. The van der Waals surface area contributed by atoms with Gasteiger partial charge in [0.05, 0.1) is 19.8 Å². The Morgan fingerprint density at radius 1 is 1.05 bits per heavy atom. The van der Waals surface area contributed by atoms with E-state index in [2.05, 4.69) is 30.7 Å². The van der Waals surface area contributed by atoms with Crippen LogP contribution >= 0.6 is 0 Å². The molecule has 0 bridgehead atoms. The molecule has 1 aromatic rings. The van der Waals surface area contributed by atoms with Gasteiger partial charge in [0.1, 0.15) is 11.9 Å². The Bertz CT molecular complexity index is 1050. The van der Waals surface area contributed by atoms with Crippen molar-refractivity contribution in [2.24, 2.45) is 11.3 Å². The second-order valence-corrected chi connectivity index (χ2v) is 10.6. The number of aromatic amines is 1. The Balaban J connectivity index is 1.71. The molecule has 4 N–H and O–H groups in total. The molecule has 0 saturated carbocycles. The van der Waals surface area contributed by atoms with Crippen molar-refractivity contribution in [1.29, 1.82) is 0 Å². The molecule has 2 heterocycles. The quantitative estimate of drug-likeness (QED) is 0.219. The zero-order chi connectivity index (χ0) is 28.3. The number of carbonyl (C=O) groups is 4. The first kappa shape index (κ1) is 30.8. The van der Waals surface area contributed by atoms with Crippen molar-refractivity contribution < 1.29 is 28.7 Å². The summed E-state index contributed by atoms with van der Waals surface area (Å²) in [7, 11) is 2.50. The molecular weight excluding hydrogens is 494 g/mol. The number of nitrogens with zero attached hydrogens (tertiary/aromatic N) is 1. The maximum atomic E-state index is 12.6. The Kier molecular flexibility index (Phi) is 11.7. The van der Waals surface area contributed by atoms with E-state index < -0.39 is 23.4 Å². The van der Waals surface area contributed by atoms with Crippen molar-refractivity contribution in [2.45, 2.75) is 84.6 Å². The predicted molar refractivity (Wildman–Crippen MR) is 142 cm³/mol. The normalized spacial score (nSPS) is 15.4. The average molecular weight is 536 g/mol. The molecule has 1 aliphatic heterocycles. The van der Waals surface area contributed by atoms with Gasteiger partial charge in [-0.05, 0) is 31.6 Å². The van der Waals surface area contributed by atoms with Gasteiger partial charge in [0.2, 0.25) is 17.8 Å². The summed E-state index contributed by atoms with van der Waals surface area (Å²) < 4.78 is 9.28. The van der Waals surface area contributed by atoms with E-state index >= 15 is 0 Å². The van der Waals surface area contributed by atoms with Crippen LogP contribution in [0.3, 0.4) is 0 Å². The van der Waals surface area contributed by atoms with Gasteiger partial charge in [-0.2, -0.15) is 4.98 Å². The maximum Gasteiger partial charge on any atom is 0.328 e. The number of amides is 2. The highest BCUT2D eigenvalue weighted by molar-refractivity contribution is 5.93. The van der Waals surface area contributed by atoms with Crippen LogP contribution in [0, 0.1) is 11.3 Å². The molecule has 0 saturated heterocycles. The van der Waals surface area contributed by atoms with Crippen LogP contribution in [0.15, 0.2) is 4.79 Å². The van der Waals surface area contributed by atoms with Crippen molar-refractivity contribution in [3.05, 3.63) is 15.9 Å². The van der Waals surface area contributed by atoms with Crippen molar-refractivity contribution >= 4 is 35.5 Å². The molecule has 0 spiro atoms. The average Bonchev–Trinajstić information content (AvgIpc) is 2.87. The highest BCUT2D eigenvalue weighted by atomic mass is 16.5. The zero-order valence-corrected chi connectivity index (χ0v) is 23.0. The number of hydrogen-bond acceptors (Lipinski definition) is 9. The van der Waals surface area contributed by atoms with Crippen LogP contribution in [0.2, 0.25) is 0 Å². The number of H-pyrrole nitrogens is 1. The molecule has 12 heteroatoms. The minimum Gasteiger partial charge on any atom is -0.469 e. The number of carbonyl (C=O) groups excluding carboxylic acids is 4. The molecule has 2 rings (SSSR count). The van der Waals surface area contributed by atoms with Crippen LogP contribution in [0.1, 0.15) is 77.7 Å². The number of nitrogens with one attached hydrogen (secondary N) is 4. The second kappa shape index (κ2) is 14.5. The van der Waals surface area contributed by atoms with Gasteiger partial charge in [-0.25, -0.2) is 4.79 Å². The number of ether oxygens (including phenoxy) is 2. The van der Waals surface area contributed by atoms with Crippen LogP contribution in [0.4, 0.5) is 11.8 Å². The lowest BCUT2D eigenvalue weighted by Crippen LogP contribution is -2.41. The molecule has 0 aliphatic carbocycles. The number of aromatic nitrogens is 2. The van der Waals surface area contributed by atoms with E-state index in [9.17, 15) is 24.0 Å². The van der Waals surface area contributed by atoms with Crippen molar-refractivity contribution in [1.82, 2.24) is 15.3 Å². The summed E-state index contributed by atoms with van der Waals surface area (Å²) in [6.07, 6.45) is 5.37. The lowest BCUT2D eigenvalue weighted by Gasteiger charge is -2.25. The van der Waals surface area contributed by atoms with E-state index in [1.54, 1.807) is 20.8 Å². The Hall–Kier alpha value is -3.44. The summed E-state index contributed by atoms with van der Waals surface area (Å²) in [6, 6.07) is -0.878. The van der Waals surface area contributed by atoms with Crippen molar-refractivity contribution in [3.63, 3.8) is 0 Å². The first-order chi connectivity index (χ1) is 17.9. The van der Waals surface area contributed by atoms with Crippen LogP contribution in [-0.2, 0) is 35.1 Å². The lowest BCUT2D eigenvalue weighted by molar-refractivity contribution is -0.146. The van der Waals surface area contributed by atoms with Crippen LogP contribution in [0.25, 0.3) is 0 Å². The molecular formula is C26H41N5O7. The van der Waals surface area contributed by atoms with Gasteiger partial charge >= 0.3 is 11.9 Å². The fourth-order valence-corrected chi connectivity index (χ4v) is 4.09. The number of unbranched alkanes of at least 4 members (excludes halogenated alkanes) is 3. The molecule has 38 heavy (non-hydrogen) atoms. The minimum atomic E-state index is -0.878. The molecule has 0 fully saturated rings. The van der Waals surface area contributed by atoms with Gasteiger partial charge < -0.3 is 20.1 Å². The van der Waals surface area contributed by atoms with E-state index in [-0.39, 0.29) is 42.6 Å². The van der Waals surface area contributed by atoms with E-state index in [0.29, 0.717) is 36.7 Å². The number of methoxy groups -OCH3 is 2. The molecule has 0 aromatic carbocycles. The first-order valence-electron chi connectivity index (χ1n) is 13.1. The minimum absolute atomic E-state index is 0.00784. The molecule has 1 aliphatic rings. The standard InChI is InChI=1S/C26H41N5O7/c1-26(2,3)24(36)31-25-29-21-17(22(34)30-25)14-16(15-27-21)10-8-6-7-9-11-19(32)28-18(23(35)38-5)12-13-20(33)37-4/h16,18H,6-15H2,1-5H3,(H,28,32)(H3,27,29,30,31,34,36)/t16?,18-/m1/s1. The molecule has 2 atom stereocenters. The van der Waals surface area contributed by atoms with Gasteiger partial charge in [0, 0.05) is 24.8 Å². The smallest absolute Gasteiger partial charge is 0.328 e. The fraction of sp³-hybridized carbons (Fsp3) is 0.692. The number of esters is 2. The van der Waals surface area contributed by atoms with Crippen molar-refractivity contribution in [3.8, 4) is 0 Å². The summed E-state index contributed by atoms with van der Waals surface area (Å²) in [5, 5.41) is 8.52. The molecule has 12 nitrogen and oxygen atoms in total. The molecule has 1 aromatic heterocycles.